The summed E-state index contributed by atoms with van der Waals surface area (Å²) in [5.74, 6) is 0.647. The molecular formula is C15H19IN4. The maximum absolute atomic E-state index is 7.54. The van der Waals surface area contributed by atoms with E-state index in [1.807, 2.05) is 28.7 Å². The van der Waals surface area contributed by atoms with Crippen LogP contribution in [0, 0.1) is 5.41 Å². The summed E-state index contributed by atoms with van der Waals surface area (Å²) in [6, 6.07) is 6.27. The summed E-state index contributed by atoms with van der Waals surface area (Å²) in [5, 5.41) is 11.9. The van der Waals surface area contributed by atoms with Crippen molar-refractivity contribution in [2.75, 3.05) is 25.5 Å². The molecule has 0 aliphatic carbocycles. The summed E-state index contributed by atoms with van der Waals surface area (Å²) < 4.78 is 0.443. The van der Waals surface area contributed by atoms with Crippen LogP contribution >= 0.6 is 22.6 Å². The van der Waals surface area contributed by atoms with E-state index in [1.165, 1.54) is 42.4 Å². The van der Waals surface area contributed by atoms with E-state index in [0.717, 1.165) is 5.69 Å². The predicted octanol–water partition coefficient (Wildman–Crippen LogP) is 3.76. The molecule has 0 radical (unpaired) electrons. The van der Waals surface area contributed by atoms with Crippen molar-refractivity contribution in [3.8, 4) is 0 Å². The number of nitrogens with one attached hydrogen (secondary N) is 3. The minimum Gasteiger partial charge on any atom is -0.361 e. The number of fused-ring (bicyclic) bond motifs is 1. The fourth-order valence-corrected chi connectivity index (χ4v) is 3.32. The summed E-state index contributed by atoms with van der Waals surface area (Å²) in [6.45, 7) is 2.35. The van der Waals surface area contributed by atoms with E-state index in [9.17, 15) is 0 Å². The molecule has 0 unspecified atom stereocenters. The largest absolute Gasteiger partial charge is 0.361 e. The zero-order valence-electron chi connectivity index (χ0n) is 11.5. The monoisotopic (exact) mass is 382 g/mol. The molecule has 0 amide bonds. The van der Waals surface area contributed by atoms with E-state index in [4.69, 9.17) is 5.41 Å². The lowest BCUT2D eigenvalue weighted by Gasteiger charge is -2.28. The lowest BCUT2D eigenvalue weighted by Crippen LogP contribution is -2.29. The van der Waals surface area contributed by atoms with Crippen molar-refractivity contribution in [2.24, 2.45) is 0 Å². The van der Waals surface area contributed by atoms with Gasteiger partial charge in [0.25, 0.3) is 0 Å². The van der Waals surface area contributed by atoms with Gasteiger partial charge in [0.15, 0.2) is 3.84 Å². The number of hydrogen-bond donors (Lipinski definition) is 3. The van der Waals surface area contributed by atoms with Crippen molar-refractivity contribution < 1.29 is 0 Å². The highest BCUT2D eigenvalue weighted by Crippen LogP contribution is 2.34. The van der Waals surface area contributed by atoms with Crippen LogP contribution in [-0.4, -0.2) is 33.9 Å². The molecule has 0 saturated carbocycles. The van der Waals surface area contributed by atoms with Crippen molar-refractivity contribution in [3.63, 3.8) is 0 Å². The fourth-order valence-electron chi connectivity index (χ4n) is 3.00. The number of aromatic nitrogens is 1. The number of amidine groups is 1. The average molecular weight is 382 g/mol. The Bertz CT molecular complexity index is 626. The Morgan fingerprint density at radius 3 is 2.85 bits per heavy atom. The molecule has 0 spiro atoms. The second-order valence-corrected chi connectivity index (χ2v) is 6.60. The van der Waals surface area contributed by atoms with Gasteiger partial charge in [-0.2, -0.15) is 0 Å². The third-order valence-corrected chi connectivity index (χ3v) is 4.40. The normalized spacial score (nSPS) is 17.5. The molecule has 1 aliphatic rings. The number of benzene rings is 1. The number of piperidine rings is 1. The quantitative estimate of drug-likeness (QED) is 0.321. The maximum atomic E-state index is 7.54. The first-order valence-electron chi connectivity index (χ1n) is 6.94. The van der Waals surface area contributed by atoms with Crippen LogP contribution in [0.4, 0.5) is 5.69 Å². The Hall–Kier alpha value is -1.08. The van der Waals surface area contributed by atoms with Gasteiger partial charge >= 0.3 is 0 Å². The van der Waals surface area contributed by atoms with Gasteiger partial charge in [0, 0.05) is 22.8 Å². The summed E-state index contributed by atoms with van der Waals surface area (Å²) in [7, 11) is 2.19. The predicted molar refractivity (Wildman–Crippen MR) is 93.1 cm³/mol. The highest BCUT2D eigenvalue weighted by Gasteiger charge is 2.21. The SMILES string of the molecule is CN1CCC(c2c[nH]c3ccc(NC(=N)I)cc23)CC1. The number of H-pyrrole nitrogens is 1. The molecule has 1 saturated heterocycles. The summed E-state index contributed by atoms with van der Waals surface area (Å²) >= 11 is 1.98. The highest BCUT2D eigenvalue weighted by molar-refractivity contribution is 14.1. The summed E-state index contributed by atoms with van der Waals surface area (Å²) in [6.07, 6.45) is 4.62. The van der Waals surface area contributed by atoms with E-state index in [0.29, 0.717) is 9.76 Å². The zero-order chi connectivity index (χ0) is 14.1. The smallest absolute Gasteiger partial charge is 0.161 e. The molecular weight excluding hydrogens is 363 g/mol. The highest BCUT2D eigenvalue weighted by atomic mass is 127. The number of halogens is 1. The van der Waals surface area contributed by atoms with Crippen LogP contribution < -0.4 is 5.32 Å². The topological polar surface area (TPSA) is 54.9 Å². The van der Waals surface area contributed by atoms with E-state index < -0.39 is 0 Å². The third kappa shape index (κ3) is 2.83. The molecule has 0 bridgehead atoms. The second-order valence-electron chi connectivity index (χ2n) is 5.52. The van der Waals surface area contributed by atoms with Crippen molar-refractivity contribution in [1.29, 1.82) is 5.41 Å². The average Bonchev–Trinajstić information content (AvgIpc) is 2.82. The molecule has 5 heteroatoms. The molecule has 3 rings (SSSR count). The van der Waals surface area contributed by atoms with Crippen molar-refractivity contribution >= 4 is 43.0 Å². The molecule has 1 fully saturated rings. The second kappa shape index (κ2) is 5.73. The molecule has 3 N–H and O–H groups in total. The van der Waals surface area contributed by atoms with Crippen LogP contribution in [0.3, 0.4) is 0 Å². The van der Waals surface area contributed by atoms with Crippen molar-refractivity contribution in [2.45, 2.75) is 18.8 Å². The van der Waals surface area contributed by atoms with Gasteiger partial charge in [-0.1, -0.05) is 0 Å². The molecule has 1 aliphatic heterocycles. The number of rotatable bonds is 2. The third-order valence-electron chi connectivity index (χ3n) is 4.13. The molecule has 1 aromatic heterocycles. The van der Waals surface area contributed by atoms with Gasteiger partial charge in [0.05, 0.1) is 0 Å². The Morgan fingerprint density at radius 1 is 1.40 bits per heavy atom. The molecule has 1 aromatic carbocycles. The lowest BCUT2D eigenvalue weighted by molar-refractivity contribution is 0.256. The first kappa shape index (κ1) is 13.9. The Balaban J connectivity index is 1.92. The van der Waals surface area contributed by atoms with Gasteiger partial charge < -0.3 is 15.2 Å². The summed E-state index contributed by atoms with van der Waals surface area (Å²) in [4.78, 5) is 5.78. The van der Waals surface area contributed by atoms with E-state index in [1.54, 1.807) is 0 Å². The number of aromatic amines is 1. The van der Waals surface area contributed by atoms with Crippen LogP contribution in [-0.2, 0) is 0 Å². The van der Waals surface area contributed by atoms with Gasteiger partial charge in [-0.15, -0.1) is 0 Å². The number of nitrogens with zero attached hydrogens (tertiary/aromatic N) is 1. The van der Waals surface area contributed by atoms with Gasteiger partial charge in [-0.3, -0.25) is 5.41 Å². The van der Waals surface area contributed by atoms with Gasteiger partial charge in [-0.25, -0.2) is 0 Å². The van der Waals surface area contributed by atoms with Crippen molar-refractivity contribution in [1.82, 2.24) is 9.88 Å². The number of likely N-dealkylation sites (tertiary alicyclic amines) is 1. The molecule has 2 aromatic rings. The molecule has 20 heavy (non-hydrogen) atoms. The number of hydrogen-bond acceptors (Lipinski definition) is 2. The first-order valence-corrected chi connectivity index (χ1v) is 8.02. The van der Waals surface area contributed by atoms with Crippen LogP contribution in [0.25, 0.3) is 10.9 Å². The van der Waals surface area contributed by atoms with Crippen molar-refractivity contribution in [3.05, 3.63) is 30.0 Å². The Morgan fingerprint density at radius 2 is 2.15 bits per heavy atom. The minimum absolute atomic E-state index is 0.443. The lowest BCUT2D eigenvalue weighted by atomic mass is 9.89. The van der Waals surface area contributed by atoms with Gasteiger partial charge in [0.2, 0.25) is 0 Å². The molecule has 0 atom stereocenters. The fraction of sp³-hybridized carbons (Fsp3) is 0.400. The minimum atomic E-state index is 0.443. The zero-order valence-corrected chi connectivity index (χ0v) is 13.7. The summed E-state index contributed by atoms with van der Waals surface area (Å²) in [5.41, 5.74) is 3.60. The van der Waals surface area contributed by atoms with Crippen LogP contribution in [0.15, 0.2) is 24.4 Å². The molecule has 2 heterocycles. The number of anilines is 1. The van der Waals surface area contributed by atoms with Gasteiger partial charge in [0.1, 0.15) is 0 Å². The Labute approximate surface area is 132 Å². The Kier molecular flexibility index (Phi) is 3.98. The van der Waals surface area contributed by atoms with Crippen LogP contribution in [0.5, 0.6) is 0 Å². The van der Waals surface area contributed by atoms with E-state index >= 15 is 0 Å². The van der Waals surface area contributed by atoms with E-state index in [-0.39, 0.29) is 0 Å². The molecule has 106 valence electrons. The standard InChI is InChI=1S/C15H19IN4/c1-20-6-4-10(5-7-20)13-9-18-14-3-2-11(8-12(13)14)19-15(16)17/h2-3,8-10,18H,4-7H2,1H3,(H2,17,19). The maximum Gasteiger partial charge on any atom is 0.161 e. The van der Waals surface area contributed by atoms with Crippen LogP contribution in [0.1, 0.15) is 24.3 Å². The van der Waals surface area contributed by atoms with E-state index in [2.05, 4.69) is 40.6 Å². The van der Waals surface area contributed by atoms with Crippen LogP contribution in [0.2, 0.25) is 0 Å². The van der Waals surface area contributed by atoms with Gasteiger partial charge in [-0.05, 0) is 85.3 Å². The molecule has 4 nitrogen and oxygen atoms in total. The first-order chi connectivity index (χ1) is 9.63.